The molecule has 0 saturated carbocycles. The number of aliphatic hydroxyl groups is 1. The number of hydrogen-bond donors (Lipinski definition) is 3. The molecule has 0 radical (unpaired) electrons. The summed E-state index contributed by atoms with van der Waals surface area (Å²) in [6, 6.07) is 4.11. The number of alkyl halides is 3. The molecule has 1 atom stereocenters. The number of carbonyl (C=O) groups excluding carboxylic acids is 1. The SMILES string of the molecule is C[C@@](O)(C(=O)Nc1ccc(S(N)(=O)=O)cc1)C(F)(F)F. The largest absolute Gasteiger partial charge is 0.426 e. The van der Waals surface area contributed by atoms with Crippen LogP contribution in [0.3, 0.4) is 0 Å². The molecular weight excluding hydrogens is 301 g/mol. The quantitative estimate of drug-likeness (QED) is 0.758. The number of carbonyl (C=O) groups is 1. The third-order valence-electron chi connectivity index (χ3n) is 2.43. The highest BCUT2D eigenvalue weighted by Gasteiger charge is 2.55. The third kappa shape index (κ3) is 3.46. The predicted molar refractivity (Wildman–Crippen MR) is 63.1 cm³/mol. The fraction of sp³-hybridized carbons (Fsp3) is 0.300. The second-order valence-electron chi connectivity index (χ2n) is 4.09. The average molecular weight is 312 g/mol. The van der Waals surface area contributed by atoms with Crippen LogP contribution in [0, 0.1) is 0 Å². The van der Waals surface area contributed by atoms with E-state index in [9.17, 15) is 26.4 Å². The number of benzene rings is 1. The van der Waals surface area contributed by atoms with Crippen LogP contribution in [-0.4, -0.2) is 31.2 Å². The molecule has 1 aromatic carbocycles. The van der Waals surface area contributed by atoms with E-state index < -0.39 is 27.7 Å². The molecule has 0 bridgehead atoms. The van der Waals surface area contributed by atoms with Gasteiger partial charge in [-0.1, -0.05) is 0 Å². The second kappa shape index (κ2) is 5.04. The molecule has 0 aromatic heterocycles. The Hall–Kier alpha value is -1.65. The summed E-state index contributed by atoms with van der Waals surface area (Å²) in [5.41, 5.74) is -3.68. The standard InChI is InChI=1S/C10H11F3N2O4S/c1-9(17,10(11,12)13)8(16)15-6-2-4-7(5-3-6)20(14,18)19/h2-5,17H,1H3,(H,15,16)(H2,14,18,19)/t9-/m1/s1. The first-order chi connectivity index (χ1) is 8.85. The number of sulfonamides is 1. The molecule has 0 aliphatic carbocycles. The Bertz CT molecular complexity index is 608. The molecular formula is C10H11F3N2O4S. The van der Waals surface area contributed by atoms with Gasteiger partial charge in [-0.05, 0) is 31.2 Å². The van der Waals surface area contributed by atoms with Crippen molar-refractivity contribution in [3.8, 4) is 0 Å². The van der Waals surface area contributed by atoms with Crippen LogP contribution in [0.1, 0.15) is 6.92 Å². The van der Waals surface area contributed by atoms with Gasteiger partial charge < -0.3 is 10.4 Å². The molecule has 10 heteroatoms. The van der Waals surface area contributed by atoms with Gasteiger partial charge in [0.05, 0.1) is 4.90 Å². The monoisotopic (exact) mass is 312 g/mol. The van der Waals surface area contributed by atoms with Crippen LogP contribution in [0.5, 0.6) is 0 Å². The van der Waals surface area contributed by atoms with Gasteiger partial charge in [0, 0.05) is 5.69 Å². The lowest BCUT2D eigenvalue weighted by Gasteiger charge is -2.24. The van der Waals surface area contributed by atoms with Crippen LogP contribution < -0.4 is 10.5 Å². The van der Waals surface area contributed by atoms with E-state index >= 15 is 0 Å². The Morgan fingerprint density at radius 1 is 1.25 bits per heavy atom. The van der Waals surface area contributed by atoms with E-state index in [1.807, 2.05) is 5.32 Å². The molecule has 0 heterocycles. The van der Waals surface area contributed by atoms with Crippen LogP contribution in [0.25, 0.3) is 0 Å². The number of halogens is 3. The van der Waals surface area contributed by atoms with Crippen molar-refractivity contribution in [2.75, 3.05) is 5.32 Å². The van der Waals surface area contributed by atoms with E-state index in [1.165, 1.54) is 0 Å². The second-order valence-corrected chi connectivity index (χ2v) is 5.65. The van der Waals surface area contributed by atoms with Crippen LogP contribution in [-0.2, 0) is 14.8 Å². The Kier molecular flexibility index (Phi) is 4.13. The summed E-state index contributed by atoms with van der Waals surface area (Å²) in [6.07, 6.45) is -5.14. The first-order valence-electron chi connectivity index (χ1n) is 5.09. The molecule has 6 nitrogen and oxygen atoms in total. The van der Waals surface area contributed by atoms with E-state index in [0.717, 1.165) is 24.3 Å². The molecule has 4 N–H and O–H groups in total. The first-order valence-corrected chi connectivity index (χ1v) is 6.64. The predicted octanol–water partition coefficient (Wildman–Crippen LogP) is 0.586. The van der Waals surface area contributed by atoms with E-state index in [4.69, 9.17) is 10.2 Å². The van der Waals surface area contributed by atoms with Crippen molar-refractivity contribution in [1.29, 1.82) is 0 Å². The minimum absolute atomic E-state index is 0.119. The van der Waals surface area contributed by atoms with Crippen molar-refractivity contribution < 1.29 is 31.5 Å². The maximum absolute atomic E-state index is 12.4. The number of rotatable bonds is 3. The van der Waals surface area contributed by atoms with Crippen LogP contribution >= 0.6 is 0 Å². The summed E-state index contributed by atoms with van der Waals surface area (Å²) >= 11 is 0. The molecule has 0 spiro atoms. The zero-order chi connectivity index (χ0) is 15.8. The van der Waals surface area contributed by atoms with Crippen LogP contribution in [0.15, 0.2) is 29.2 Å². The van der Waals surface area contributed by atoms with Gasteiger partial charge in [-0.3, -0.25) is 4.79 Å². The average Bonchev–Trinajstić information content (AvgIpc) is 2.26. The van der Waals surface area contributed by atoms with Gasteiger partial charge in [-0.15, -0.1) is 0 Å². The van der Waals surface area contributed by atoms with Crippen molar-refractivity contribution in [2.45, 2.75) is 23.6 Å². The minimum atomic E-state index is -5.14. The molecule has 1 rings (SSSR count). The number of primary sulfonamides is 1. The van der Waals surface area contributed by atoms with Gasteiger partial charge in [0.15, 0.2) is 0 Å². The molecule has 1 amide bonds. The van der Waals surface area contributed by atoms with Crippen molar-refractivity contribution in [3.63, 3.8) is 0 Å². The number of anilines is 1. The van der Waals surface area contributed by atoms with Gasteiger partial charge in [-0.25, -0.2) is 13.6 Å². The lowest BCUT2D eigenvalue weighted by Crippen LogP contribution is -2.52. The molecule has 0 fully saturated rings. The van der Waals surface area contributed by atoms with Gasteiger partial charge in [0.1, 0.15) is 0 Å². The normalized spacial score (nSPS) is 15.5. The number of amides is 1. The summed E-state index contributed by atoms with van der Waals surface area (Å²) < 4.78 is 59.1. The smallest absolute Gasteiger partial charge is 0.373 e. The third-order valence-corrected chi connectivity index (χ3v) is 3.36. The zero-order valence-corrected chi connectivity index (χ0v) is 10.9. The summed E-state index contributed by atoms with van der Waals surface area (Å²) in [4.78, 5) is 11.1. The molecule has 20 heavy (non-hydrogen) atoms. The molecule has 0 saturated heterocycles. The van der Waals surface area contributed by atoms with Crippen LogP contribution in [0.4, 0.5) is 18.9 Å². The topological polar surface area (TPSA) is 109 Å². The molecule has 0 unspecified atom stereocenters. The van der Waals surface area contributed by atoms with Crippen molar-refractivity contribution in [2.24, 2.45) is 5.14 Å². The Labute approximate surface area is 112 Å². The summed E-state index contributed by atoms with van der Waals surface area (Å²) in [6.45, 7) is 0.307. The number of nitrogens with one attached hydrogen (secondary N) is 1. The first kappa shape index (κ1) is 16.4. The molecule has 112 valence electrons. The van der Waals surface area contributed by atoms with E-state index in [0.29, 0.717) is 6.92 Å². The highest BCUT2D eigenvalue weighted by atomic mass is 32.2. The Morgan fingerprint density at radius 3 is 2.05 bits per heavy atom. The van der Waals surface area contributed by atoms with Gasteiger partial charge in [0.25, 0.3) is 5.91 Å². The van der Waals surface area contributed by atoms with Gasteiger partial charge in [0.2, 0.25) is 15.6 Å². The summed E-state index contributed by atoms with van der Waals surface area (Å²) in [5.74, 6) is -1.69. The Morgan fingerprint density at radius 2 is 1.70 bits per heavy atom. The van der Waals surface area contributed by atoms with Crippen LogP contribution in [0.2, 0.25) is 0 Å². The lowest BCUT2D eigenvalue weighted by molar-refractivity contribution is -0.242. The highest BCUT2D eigenvalue weighted by Crippen LogP contribution is 2.31. The van der Waals surface area contributed by atoms with Crippen molar-refractivity contribution >= 4 is 21.6 Å². The van der Waals surface area contributed by atoms with E-state index in [-0.39, 0.29) is 10.6 Å². The minimum Gasteiger partial charge on any atom is -0.373 e. The lowest BCUT2D eigenvalue weighted by atomic mass is 10.1. The van der Waals surface area contributed by atoms with Gasteiger partial charge in [-0.2, -0.15) is 13.2 Å². The van der Waals surface area contributed by atoms with E-state index in [1.54, 1.807) is 0 Å². The molecule has 0 aliphatic rings. The zero-order valence-electron chi connectivity index (χ0n) is 10.1. The van der Waals surface area contributed by atoms with Crippen molar-refractivity contribution in [3.05, 3.63) is 24.3 Å². The maximum atomic E-state index is 12.4. The molecule has 1 aromatic rings. The maximum Gasteiger partial charge on any atom is 0.426 e. The van der Waals surface area contributed by atoms with Crippen molar-refractivity contribution in [1.82, 2.24) is 0 Å². The molecule has 0 aliphatic heterocycles. The summed E-state index contributed by atoms with van der Waals surface area (Å²) in [7, 11) is -3.94. The highest BCUT2D eigenvalue weighted by molar-refractivity contribution is 7.89. The van der Waals surface area contributed by atoms with Gasteiger partial charge >= 0.3 is 6.18 Å². The Balaban J connectivity index is 2.93. The van der Waals surface area contributed by atoms with E-state index in [2.05, 4.69) is 0 Å². The fourth-order valence-electron chi connectivity index (χ4n) is 1.11. The number of nitrogens with two attached hydrogens (primary N) is 1. The summed E-state index contributed by atoms with van der Waals surface area (Å²) in [5, 5.41) is 15.8. The number of hydrogen-bond acceptors (Lipinski definition) is 4. The fourth-order valence-corrected chi connectivity index (χ4v) is 1.62.